The molecule has 0 unspecified atom stereocenters. The number of aryl methyl sites for hydroxylation is 1. The molecule has 0 aliphatic carbocycles. The van der Waals surface area contributed by atoms with Gasteiger partial charge in [-0.25, -0.2) is 0 Å². The van der Waals surface area contributed by atoms with Gasteiger partial charge in [-0.15, -0.1) is 11.1 Å². The van der Waals surface area contributed by atoms with Crippen molar-refractivity contribution in [3.05, 3.63) is 47.5 Å². The Balaban J connectivity index is 2.21. The van der Waals surface area contributed by atoms with Crippen molar-refractivity contribution in [1.29, 1.82) is 0 Å². The van der Waals surface area contributed by atoms with E-state index in [2.05, 4.69) is 110 Å². The molecule has 0 radical (unpaired) electrons. The minimum absolute atomic E-state index is 1.05. The van der Waals surface area contributed by atoms with Crippen molar-refractivity contribution >= 4 is 38.0 Å². The fraction of sp³-hybridized carbons (Fsp3) is 0.385. The zero-order valence-electron chi connectivity index (χ0n) is 19.0. The van der Waals surface area contributed by atoms with Gasteiger partial charge >= 0.3 is 0 Å². The topological polar surface area (TPSA) is 4.93 Å². The lowest BCUT2D eigenvalue weighted by Crippen LogP contribution is -2.16. The molecule has 0 bridgehead atoms. The summed E-state index contributed by atoms with van der Waals surface area (Å²) < 4.78 is 2.47. The molecule has 0 aliphatic heterocycles. The molecule has 0 amide bonds. The summed E-state index contributed by atoms with van der Waals surface area (Å²) in [7, 11) is -2.78. The van der Waals surface area contributed by atoms with E-state index in [-0.39, 0.29) is 0 Å². The molecule has 0 saturated carbocycles. The van der Waals surface area contributed by atoms with E-state index in [0.29, 0.717) is 0 Å². The molecular formula is C26H33NSi2. The summed E-state index contributed by atoms with van der Waals surface area (Å²) >= 11 is 0. The normalized spacial score (nSPS) is 11.8. The van der Waals surface area contributed by atoms with Crippen LogP contribution in [0.1, 0.15) is 30.9 Å². The van der Waals surface area contributed by atoms with E-state index in [4.69, 9.17) is 0 Å². The fourth-order valence-corrected chi connectivity index (χ4v) is 4.37. The average Bonchev–Trinajstić information content (AvgIpc) is 2.94. The molecule has 0 aliphatic rings. The number of unbranched alkanes of at least 4 members (excludes halogenated alkanes) is 1. The van der Waals surface area contributed by atoms with Crippen LogP contribution >= 0.6 is 0 Å². The third-order valence-electron chi connectivity index (χ3n) is 4.76. The van der Waals surface area contributed by atoms with Gasteiger partial charge in [-0.05, 0) is 42.8 Å². The van der Waals surface area contributed by atoms with Crippen molar-refractivity contribution in [2.24, 2.45) is 0 Å². The summed E-state index contributed by atoms with van der Waals surface area (Å²) in [5.41, 5.74) is 11.9. The van der Waals surface area contributed by atoms with Crippen LogP contribution in [0.4, 0.5) is 0 Å². The van der Waals surface area contributed by atoms with Crippen LogP contribution < -0.4 is 0 Å². The van der Waals surface area contributed by atoms with E-state index < -0.39 is 16.1 Å². The quantitative estimate of drug-likeness (QED) is 0.319. The summed E-state index contributed by atoms with van der Waals surface area (Å²) in [6, 6.07) is 13.4. The monoisotopic (exact) mass is 415 g/mol. The zero-order valence-corrected chi connectivity index (χ0v) is 21.0. The predicted octanol–water partition coefficient (Wildman–Crippen LogP) is 7.05. The van der Waals surface area contributed by atoms with Gasteiger partial charge in [0.2, 0.25) is 0 Å². The van der Waals surface area contributed by atoms with Gasteiger partial charge in [-0.1, -0.05) is 64.5 Å². The smallest absolute Gasteiger partial charge is 0.129 e. The second-order valence-corrected chi connectivity index (χ2v) is 19.5. The van der Waals surface area contributed by atoms with Gasteiger partial charge in [-0.3, -0.25) is 0 Å². The van der Waals surface area contributed by atoms with Crippen LogP contribution in [0.5, 0.6) is 0 Å². The molecule has 0 spiro atoms. The van der Waals surface area contributed by atoms with Crippen LogP contribution in [0.3, 0.4) is 0 Å². The number of aromatic nitrogens is 1. The molecule has 1 nitrogen and oxygen atoms in total. The molecular weight excluding hydrogens is 382 g/mol. The first-order chi connectivity index (χ1) is 13.6. The van der Waals surface area contributed by atoms with Crippen molar-refractivity contribution in [3.8, 4) is 22.9 Å². The maximum Gasteiger partial charge on any atom is 0.129 e. The molecule has 1 aromatic heterocycles. The van der Waals surface area contributed by atoms with Gasteiger partial charge in [0.15, 0.2) is 0 Å². The molecule has 0 N–H and O–H groups in total. The Morgan fingerprint density at radius 3 is 1.55 bits per heavy atom. The number of fused-ring (bicyclic) bond motifs is 3. The van der Waals surface area contributed by atoms with Gasteiger partial charge in [0.25, 0.3) is 0 Å². The Labute approximate surface area is 178 Å². The summed E-state index contributed by atoms with van der Waals surface area (Å²) in [4.78, 5) is 0. The van der Waals surface area contributed by atoms with E-state index in [1.54, 1.807) is 0 Å². The van der Waals surface area contributed by atoms with Crippen molar-refractivity contribution in [1.82, 2.24) is 4.57 Å². The molecule has 2 aromatic carbocycles. The third kappa shape index (κ3) is 5.44. The molecule has 1 heterocycles. The first kappa shape index (κ1) is 21.5. The van der Waals surface area contributed by atoms with Gasteiger partial charge in [0.1, 0.15) is 16.1 Å². The Morgan fingerprint density at radius 1 is 0.724 bits per heavy atom. The molecule has 3 rings (SSSR count). The second kappa shape index (κ2) is 8.27. The molecule has 29 heavy (non-hydrogen) atoms. The van der Waals surface area contributed by atoms with Crippen LogP contribution in [0.15, 0.2) is 36.4 Å². The maximum atomic E-state index is 3.50. The first-order valence-electron chi connectivity index (χ1n) is 10.7. The van der Waals surface area contributed by atoms with Crippen molar-refractivity contribution in [2.75, 3.05) is 0 Å². The Hall–Kier alpha value is -2.21. The zero-order chi connectivity index (χ0) is 21.2. The van der Waals surface area contributed by atoms with Gasteiger partial charge < -0.3 is 4.57 Å². The van der Waals surface area contributed by atoms with E-state index in [1.807, 2.05) is 0 Å². The maximum absolute atomic E-state index is 3.50. The summed E-state index contributed by atoms with van der Waals surface area (Å²) in [6.07, 6.45) is 2.38. The van der Waals surface area contributed by atoms with Crippen LogP contribution in [0.2, 0.25) is 39.3 Å². The van der Waals surface area contributed by atoms with Crippen LogP contribution in [0.25, 0.3) is 21.8 Å². The Morgan fingerprint density at radius 2 is 1.17 bits per heavy atom. The lowest BCUT2D eigenvalue weighted by molar-refractivity contribution is 0.665. The van der Waals surface area contributed by atoms with E-state index >= 15 is 0 Å². The minimum atomic E-state index is -1.39. The van der Waals surface area contributed by atoms with Crippen molar-refractivity contribution in [2.45, 2.75) is 65.6 Å². The Bertz CT molecular complexity index is 1070. The standard InChI is InChI=1S/C26H33NSi2/c1-8-9-16-27-25-12-10-21(14-17-28(2,3)4)19-23(25)24-20-22(11-13-26(24)27)15-18-29(5,6)7/h10-13,19-20H,8-9,16H2,1-7H3. The summed E-state index contributed by atoms with van der Waals surface area (Å²) in [5.74, 6) is 6.87. The highest BCUT2D eigenvalue weighted by Crippen LogP contribution is 2.31. The first-order valence-corrected chi connectivity index (χ1v) is 17.7. The number of nitrogens with zero attached hydrogens (tertiary/aromatic N) is 1. The van der Waals surface area contributed by atoms with Crippen LogP contribution in [0, 0.1) is 22.9 Å². The highest BCUT2D eigenvalue weighted by molar-refractivity contribution is 6.84. The fourth-order valence-electron chi connectivity index (χ4n) is 3.34. The lowest BCUT2D eigenvalue weighted by Gasteiger charge is -2.07. The lowest BCUT2D eigenvalue weighted by atomic mass is 10.1. The number of hydrogen-bond acceptors (Lipinski definition) is 0. The van der Waals surface area contributed by atoms with E-state index in [9.17, 15) is 0 Å². The molecule has 0 saturated heterocycles. The average molecular weight is 416 g/mol. The van der Waals surface area contributed by atoms with E-state index in [0.717, 1.165) is 17.7 Å². The highest BCUT2D eigenvalue weighted by Gasteiger charge is 2.13. The van der Waals surface area contributed by atoms with Crippen LogP contribution in [-0.4, -0.2) is 20.7 Å². The Kier molecular flexibility index (Phi) is 6.13. The van der Waals surface area contributed by atoms with Crippen LogP contribution in [-0.2, 0) is 6.54 Å². The largest absolute Gasteiger partial charge is 0.340 e. The SMILES string of the molecule is CCCCn1c2ccc(C#C[Si](C)(C)C)cc2c2cc(C#C[Si](C)(C)C)ccc21. The summed E-state index contributed by atoms with van der Waals surface area (Å²) in [5, 5.41) is 2.60. The third-order valence-corrected chi connectivity index (χ3v) is 6.51. The van der Waals surface area contributed by atoms with Gasteiger partial charge in [-0.2, -0.15) is 0 Å². The molecule has 3 heteroatoms. The molecule has 0 fully saturated rings. The highest BCUT2D eigenvalue weighted by atomic mass is 28.3. The minimum Gasteiger partial charge on any atom is -0.340 e. The van der Waals surface area contributed by atoms with Crippen molar-refractivity contribution in [3.63, 3.8) is 0 Å². The number of benzene rings is 2. The number of rotatable bonds is 3. The molecule has 3 aromatic rings. The second-order valence-electron chi connectivity index (χ2n) is 9.97. The summed E-state index contributed by atoms with van der Waals surface area (Å²) in [6.45, 7) is 17.0. The van der Waals surface area contributed by atoms with Gasteiger partial charge in [0, 0.05) is 39.5 Å². The molecule has 150 valence electrons. The predicted molar refractivity (Wildman–Crippen MR) is 135 cm³/mol. The van der Waals surface area contributed by atoms with Crippen molar-refractivity contribution < 1.29 is 0 Å². The molecule has 0 atom stereocenters. The van der Waals surface area contributed by atoms with Gasteiger partial charge in [0.05, 0.1) is 0 Å². The number of hydrogen-bond donors (Lipinski definition) is 0. The van der Waals surface area contributed by atoms with E-state index in [1.165, 1.54) is 34.6 Å².